The minimum absolute atomic E-state index is 0.0946. The van der Waals surface area contributed by atoms with E-state index in [1.54, 1.807) is 32.2 Å². The second-order valence-corrected chi connectivity index (χ2v) is 8.62. The molecule has 0 spiro atoms. The molecule has 0 radical (unpaired) electrons. The van der Waals surface area contributed by atoms with E-state index in [1.807, 2.05) is 39.0 Å². The Morgan fingerprint density at radius 1 is 1.12 bits per heavy atom. The lowest BCUT2D eigenvalue weighted by Gasteiger charge is -2.23. The third kappa shape index (κ3) is 5.19. The zero-order valence-electron chi connectivity index (χ0n) is 19.0. The SMILES string of the molecule is COc1ccc2nn(-c3cc(OCCC/C=C(\C)C(=O)O)cc(C(C)(C)C)c3O)nc2c1. The smallest absolute Gasteiger partial charge is 0.330 e. The van der Waals surface area contributed by atoms with E-state index in [0.29, 0.717) is 58.8 Å². The van der Waals surface area contributed by atoms with E-state index in [4.69, 9.17) is 14.6 Å². The largest absolute Gasteiger partial charge is 0.505 e. The van der Waals surface area contributed by atoms with Crippen molar-refractivity contribution in [2.45, 2.75) is 46.0 Å². The first-order valence-corrected chi connectivity index (χ1v) is 10.4. The summed E-state index contributed by atoms with van der Waals surface area (Å²) in [5.74, 6) is 0.437. The van der Waals surface area contributed by atoms with Gasteiger partial charge in [0.25, 0.3) is 0 Å². The number of carboxylic acid groups (broad SMARTS) is 1. The van der Waals surface area contributed by atoms with E-state index in [0.717, 1.165) is 0 Å². The number of carboxylic acids is 1. The molecule has 2 aromatic carbocycles. The van der Waals surface area contributed by atoms with Gasteiger partial charge in [-0.25, -0.2) is 4.79 Å². The van der Waals surface area contributed by atoms with E-state index < -0.39 is 5.97 Å². The van der Waals surface area contributed by atoms with Crippen molar-refractivity contribution in [1.82, 2.24) is 15.0 Å². The van der Waals surface area contributed by atoms with Crippen LogP contribution in [0.5, 0.6) is 17.2 Å². The van der Waals surface area contributed by atoms with Gasteiger partial charge in [0.15, 0.2) is 0 Å². The van der Waals surface area contributed by atoms with Crippen LogP contribution in [0.3, 0.4) is 0 Å². The third-order valence-corrected chi connectivity index (χ3v) is 5.08. The molecule has 0 aliphatic carbocycles. The van der Waals surface area contributed by atoms with Gasteiger partial charge >= 0.3 is 5.97 Å². The molecule has 3 rings (SSSR count). The quantitative estimate of drug-likeness (QED) is 0.389. The number of phenolic OH excluding ortho intramolecular Hbond substituents is 1. The molecule has 2 N–H and O–H groups in total. The molecule has 8 heteroatoms. The number of aliphatic carboxylic acids is 1. The molecule has 1 aromatic heterocycles. The third-order valence-electron chi connectivity index (χ3n) is 5.08. The van der Waals surface area contributed by atoms with E-state index in [9.17, 15) is 9.90 Å². The van der Waals surface area contributed by atoms with Crippen molar-refractivity contribution in [3.63, 3.8) is 0 Å². The molecule has 0 aliphatic heterocycles. The molecule has 0 aliphatic rings. The summed E-state index contributed by atoms with van der Waals surface area (Å²) in [5.41, 5.74) is 2.44. The lowest BCUT2D eigenvalue weighted by molar-refractivity contribution is -0.132. The molecule has 32 heavy (non-hydrogen) atoms. The number of phenols is 1. The Kier molecular flexibility index (Phi) is 6.72. The Hall–Kier alpha value is -3.55. The lowest BCUT2D eigenvalue weighted by atomic mass is 9.86. The molecule has 0 saturated heterocycles. The van der Waals surface area contributed by atoms with Gasteiger partial charge in [0.05, 0.1) is 13.7 Å². The molecular formula is C24H29N3O5. The molecule has 3 aromatic rings. The molecule has 0 amide bonds. The minimum atomic E-state index is -0.916. The van der Waals surface area contributed by atoms with Crippen LogP contribution in [0.2, 0.25) is 0 Å². The van der Waals surface area contributed by atoms with Crippen molar-refractivity contribution in [2.75, 3.05) is 13.7 Å². The first-order valence-electron chi connectivity index (χ1n) is 10.4. The van der Waals surface area contributed by atoms with Crippen molar-refractivity contribution in [2.24, 2.45) is 0 Å². The highest BCUT2D eigenvalue weighted by Gasteiger charge is 2.24. The molecule has 0 unspecified atom stereocenters. The number of methoxy groups -OCH3 is 1. The standard InChI is InChI=1S/C24H29N3O5/c1-15(23(29)30)8-6-7-11-32-17-12-18(24(2,3)4)22(28)21(14-17)27-25-19-10-9-16(31-5)13-20(19)26-27/h8-10,12-14,28H,6-7,11H2,1-5H3,(H,29,30)/b15-8+. The van der Waals surface area contributed by atoms with Crippen molar-refractivity contribution in [3.8, 4) is 22.9 Å². The van der Waals surface area contributed by atoms with Gasteiger partial charge in [-0.1, -0.05) is 26.8 Å². The average molecular weight is 440 g/mol. The first-order chi connectivity index (χ1) is 15.1. The Labute approximate surface area is 187 Å². The highest BCUT2D eigenvalue weighted by atomic mass is 16.5. The Balaban J connectivity index is 1.90. The number of benzene rings is 2. The van der Waals surface area contributed by atoms with E-state index in [-0.39, 0.29) is 11.2 Å². The van der Waals surface area contributed by atoms with Crippen molar-refractivity contribution >= 4 is 17.0 Å². The van der Waals surface area contributed by atoms with Crippen LogP contribution in [0, 0.1) is 0 Å². The van der Waals surface area contributed by atoms with Crippen LogP contribution in [0.1, 0.15) is 46.1 Å². The predicted octanol–water partition coefficient (Wildman–Crippen LogP) is 4.62. The monoisotopic (exact) mass is 439 g/mol. The van der Waals surface area contributed by atoms with Crippen molar-refractivity contribution in [3.05, 3.63) is 47.5 Å². The number of aromatic hydroxyl groups is 1. The number of aromatic nitrogens is 3. The van der Waals surface area contributed by atoms with Gasteiger partial charge in [0.1, 0.15) is 34.0 Å². The molecular weight excluding hydrogens is 410 g/mol. The van der Waals surface area contributed by atoms with Crippen LogP contribution < -0.4 is 9.47 Å². The van der Waals surface area contributed by atoms with E-state index >= 15 is 0 Å². The number of unbranched alkanes of at least 4 members (excludes halogenated alkanes) is 1. The summed E-state index contributed by atoms with van der Waals surface area (Å²) in [6.45, 7) is 8.00. The van der Waals surface area contributed by atoms with Crippen LogP contribution in [0.4, 0.5) is 0 Å². The van der Waals surface area contributed by atoms with E-state index in [2.05, 4.69) is 10.2 Å². The Morgan fingerprint density at radius 3 is 2.50 bits per heavy atom. The van der Waals surface area contributed by atoms with Crippen molar-refractivity contribution in [1.29, 1.82) is 0 Å². The lowest BCUT2D eigenvalue weighted by Crippen LogP contribution is -2.14. The average Bonchev–Trinajstić information content (AvgIpc) is 3.16. The summed E-state index contributed by atoms with van der Waals surface area (Å²) in [6.07, 6.45) is 2.94. The number of hydrogen-bond donors (Lipinski definition) is 2. The van der Waals surface area contributed by atoms with Crippen LogP contribution in [0.25, 0.3) is 16.7 Å². The number of rotatable bonds is 8. The maximum absolute atomic E-state index is 11.0. The maximum atomic E-state index is 11.0. The van der Waals surface area contributed by atoms with Crippen LogP contribution in [-0.4, -0.2) is 44.9 Å². The van der Waals surface area contributed by atoms with Gasteiger partial charge in [-0.3, -0.25) is 0 Å². The maximum Gasteiger partial charge on any atom is 0.330 e. The second kappa shape index (κ2) is 9.30. The van der Waals surface area contributed by atoms with E-state index in [1.165, 1.54) is 4.80 Å². The van der Waals surface area contributed by atoms with Crippen molar-refractivity contribution < 1.29 is 24.5 Å². The van der Waals surface area contributed by atoms with Gasteiger partial charge in [0, 0.05) is 23.3 Å². The number of allylic oxidation sites excluding steroid dienone is 1. The fourth-order valence-electron chi connectivity index (χ4n) is 3.21. The van der Waals surface area contributed by atoms with Gasteiger partial charge in [-0.2, -0.15) is 0 Å². The highest BCUT2D eigenvalue weighted by molar-refractivity contribution is 5.85. The second-order valence-electron chi connectivity index (χ2n) is 8.62. The normalized spacial score (nSPS) is 12.2. The number of fused-ring (bicyclic) bond motifs is 1. The molecule has 8 nitrogen and oxygen atoms in total. The van der Waals surface area contributed by atoms with Crippen LogP contribution >= 0.6 is 0 Å². The number of nitrogens with zero attached hydrogens (tertiary/aromatic N) is 3. The van der Waals surface area contributed by atoms with Crippen LogP contribution in [0.15, 0.2) is 42.0 Å². The van der Waals surface area contributed by atoms with Gasteiger partial charge < -0.3 is 19.7 Å². The topological polar surface area (TPSA) is 107 Å². The Morgan fingerprint density at radius 2 is 1.84 bits per heavy atom. The van der Waals surface area contributed by atoms with Gasteiger partial charge in [-0.15, -0.1) is 15.0 Å². The van der Waals surface area contributed by atoms with Gasteiger partial charge in [0.2, 0.25) is 0 Å². The zero-order valence-corrected chi connectivity index (χ0v) is 19.0. The molecule has 0 saturated carbocycles. The zero-order chi connectivity index (χ0) is 23.5. The van der Waals surface area contributed by atoms with Gasteiger partial charge in [-0.05, 0) is 43.4 Å². The summed E-state index contributed by atoms with van der Waals surface area (Å²) in [6, 6.07) is 8.93. The summed E-state index contributed by atoms with van der Waals surface area (Å²) in [7, 11) is 1.59. The number of ether oxygens (including phenoxy) is 2. The minimum Gasteiger partial charge on any atom is -0.505 e. The fraction of sp³-hybridized carbons (Fsp3) is 0.375. The Bertz CT molecular complexity index is 1160. The molecule has 0 atom stereocenters. The molecule has 0 fully saturated rings. The number of carbonyl (C=O) groups is 1. The molecule has 0 bridgehead atoms. The predicted molar refractivity (Wildman–Crippen MR) is 122 cm³/mol. The number of hydrogen-bond acceptors (Lipinski definition) is 6. The fourth-order valence-corrected chi connectivity index (χ4v) is 3.21. The van der Waals surface area contributed by atoms with Crippen LogP contribution in [-0.2, 0) is 10.2 Å². The molecule has 1 heterocycles. The summed E-state index contributed by atoms with van der Waals surface area (Å²) in [4.78, 5) is 12.3. The first kappa shape index (κ1) is 23.1. The highest BCUT2D eigenvalue weighted by Crippen LogP contribution is 2.38. The summed E-state index contributed by atoms with van der Waals surface area (Å²) in [5, 5.41) is 28.9. The molecule has 170 valence electrons. The summed E-state index contributed by atoms with van der Waals surface area (Å²) >= 11 is 0. The summed E-state index contributed by atoms with van der Waals surface area (Å²) < 4.78 is 11.2.